The van der Waals surface area contributed by atoms with Crippen LogP contribution < -0.4 is 4.90 Å². The normalized spacial score (nSPS) is 14.3. The number of amides is 1. The fourth-order valence-corrected chi connectivity index (χ4v) is 3.51. The van der Waals surface area contributed by atoms with Crippen LogP contribution in [-0.2, 0) is 9.59 Å². The molecule has 0 spiro atoms. The molecule has 1 aromatic rings. The van der Waals surface area contributed by atoms with Crippen LogP contribution in [0.25, 0.3) is 0 Å². The molecular formula is C20H27NO3. The Balaban J connectivity index is 2.43. The summed E-state index contributed by atoms with van der Waals surface area (Å²) in [5.74, 6) is -1.07. The summed E-state index contributed by atoms with van der Waals surface area (Å²) in [6.07, 6.45) is 5.63. The Hall–Kier alpha value is -2.10. The quantitative estimate of drug-likeness (QED) is 0.761. The fourth-order valence-electron chi connectivity index (χ4n) is 3.51. The van der Waals surface area contributed by atoms with E-state index in [1.807, 2.05) is 35.2 Å². The number of carboxylic acid groups (broad SMARTS) is 1. The topological polar surface area (TPSA) is 57.6 Å². The molecule has 0 aromatic heterocycles. The molecular weight excluding hydrogens is 302 g/mol. The van der Waals surface area contributed by atoms with E-state index >= 15 is 0 Å². The summed E-state index contributed by atoms with van der Waals surface area (Å²) in [6.45, 7) is 4.24. The highest BCUT2D eigenvalue weighted by molar-refractivity contribution is 6.10. The molecule has 0 aliphatic heterocycles. The molecule has 0 saturated heterocycles. The lowest BCUT2D eigenvalue weighted by Crippen LogP contribution is -2.41. The van der Waals surface area contributed by atoms with Crippen LogP contribution in [0.4, 0.5) is 5.69 Å². The Morgan fingerprint density at radius 2 is 1.62 bits per heavy atom. The lowest BCUT2D eigenvalue weighted by atomic mass is 10.0. The Morgan fingerprint density at radius 3 is 2.17 bits per heavy atom. The minimum Gasteiger partial charge on any atom is -0.478 e. The minimum atomic E-state index is -0.952. The summed E-state index contributed by atoms with van der Waals surface area (Å²) in [7, 11) is 0. The molecule has 4 heteroatoms. The van der Waals surface area contributed by atoms with Gasteiger partial charge >= 0.3 is 5.97 Å². The number of anilines is 1. The largest absolute Gasteiger partial charge is 0.478 e. The third-order valence-electron chi connectivity index (χ3n) is 4.60. The number of carbonyl (C=O) groups excluding carboxylic acids is 1. The summed E-state index contributed by atoms with van der Waals surface area (Å²) in [6, 6.07) is 9.76. The first-order valence-corrected chi connectivity index (χ1v) is 8.94. The maximum Gasteiger partial charge on any atom is 0.332 e. The molecule has 1 aliphatic rings. The summed E-state index contributed by atoms with van der Waals surface area (Å²) < 4.78 is 0. The molecule has 0 bridgehead atoms. The zero-order valence-corrected chi connectivity index (χ0v) is 14.6. The summed E-state index contributed by atoms with van der Waals surface area (Å²) in [5, 5.41) is 9.40. The van der Waals surface area contributed by atoms with Gasteiger partial charge in [0, 0.05) is 22.9 Å². The van der Waals surface area contributed by atoms with Gasteiger partial charge in [0.05, 0.1) is 0 Å². The number of para-hydroxylation sites is 1. The molecule has 1 aromatic carbocycles. The maximum atomic E-state index is 13.3. The monoisotopic (exact) mass is 329 g/mol. The second-order valence-electron chi connectivity index (χ2n) is 6.36. The van der Waals surface area contributed by atoms with Crippen molar-refractivity contribution in [2.24, 2.45) is 0 Å². The second-order valence-corrected chi connectivity index (χ2v) is 6.36. The van der Waals surface area contributed by atoms with Crippen molar-refractivity contribution in [2.45, 2.75) is 64.8 Å². The first-order chi connectivity index (χ1) is 11.6. The standard InChI is InChI=1S/C20H27NO3/c1-3-9-15(10-4-2)21(16-11-6-5-7-12-16)19(22)17-13-8-14-18(17)20(23)24/h5-7,11-12,15H,3-4,8-10,13-14H2,1-2H3,(H,23,24). The second kappa shape index (κ2) is 8.67. The van der Waals surface area contributed by atoms with Crippen molar-refractivity contribution >= 4 is 17.6 Å². The number of carbonyl (C=O) groups is 2. The molecule has 1 N–H and O–H groups in total. The highest BCUT2D eigenvalue weighted by Gasteiger charge is 2.32. The van der Waals surface area contributed by atoms with E-state index in [0.29, 0.717) is 24.0 Å². The van der Waals surface area contributed by atoms with Gasteiger partial charge in [-0.05, 0) is 44.2 Å². The Labute approximate surface area is 144 Å². The summed E-state index contributed by atoms with van der Waals surface area (Å²) in [5.41, 5.74) is 1.65. The molecule has 0 heterocycles. The zero-order valence-electron chi connectivity index (χ0n) is 14.6. The van der Waals surface area contributed by atoms with Crippen LogP contribution in [0.15, 0.2) is 41.5 Å². The van der Waals surface area contributed by atoms with Crippen LogP contribution in [0.3, 0.4) is 0 Å². The molecule has 0 unspecified atom stereocenters. The van der Waals surface area contributed by atoms with Crippen LogP contribution in [0.1, 0.15) is 58.8 Å². The average molecular weight is 329 g/mol. The lowest BCUT2D eigenvalue weighted by Gasteiger charge is -2.32. The molecule has 4 nitrogen and oxygen atoms in total. The number of nitrogens with zero attached hydrogens (tertiary/aromatic N) is 1. The van der Waals surface area contributed by atoms with E-state index in [0.717, 1.165) is 37.8 Å². The van der Waals surface area contributed by atoms with Crippen molar-refractivity contribution < 1.29 is 14.7 Å². The van der Waals surface area contributed by atoms with Gasteiger partial charge in [-0.1, -0.05) is 44.9 Å². The molecule has 2 rings (SSSR count). The van der Waals surface area contributed by atoms with E-state index in [1.54, 1.807) is 0 Å². The van der Waals surface area contributed by atoms with Gasteiger partial charge in [-0.25, -0.2) is 4.79 Å². The van der Waals surface area contributed by atoms with Gasteiger partial charge in [0.1, 0.15) is 0 Å². The number of aliphatic carboxylic acids is 1. The van der Waals surface area contributed by atoms with E-state index in [9.17, 15) is 14.7 Å². The number of carboxylic acids is 1. The van der Waals surface area contributed by atoms with E-state index < -0.39 is 5.97 Å². The van der Waals surface area contributed by atoms with Crippen molar-refractivity contribution in [1.82, 2.24) is 0 Å². The highest BCUT2D eigenvalue weighted by atomic mass is 16.4. The van der Waals surface area contributed by atoms with Crippen molar-refractivity contribution in [3.8, 4) is 0 Å². The SMILES string of the molecule is CCCC(CCC)N(C(=O)C1=C(C(=O)O)CCC1)c1ccccc1. The predicted molar refractivity (Wildman–Crippen MR) is 96.0 cm³/mol. The van der Waals surface area contributed by atoms with Gasteiger partial charge in [-0.2, -0.15) is 0 Å². The van der Waals surface area contributed by atoms with Crippen LogP contribution in [-0.4, -0.2) is 23.0 Å². The number of hydrogen-bond acceptors (Lipinski definition) is 2. The maximum absolute atomic E-state index is 13.3. The number of rotatable bonds is 8. The summed E-state index contributed by atoms with van der Waals surface area (Å²) in [4.78, 5) is 26.6. The minimum absolute atomic E-state index is 0.109. The lowest BCUT2D eigenvalue weighted by molar-refractivity contribution is -0.133. The Bertz CT molecular complexity index is 601. The van der Waals surface area contributed by atoms with Crippen molar-refractivity contribution in [3.05, 3.63) is 41.5 Å². The van der Waals surface area contributed by atoms with Gasteiger partial charge in [-0.3, -0.25) is 4.79 Å². The number of hydrogen-bond donors (Lipinski definition) is 1. The van der Waals surface area contributed by atoms with E-state index in [1.165, 1.54) is 0 Å². The first-order valence-electron chi connectivity index (χ1n) is 8.94. The third-order valence-corrected chi connectivity index (χ3v) is 4.60. The molecule has 0 radical (unpaired) electrons. The molecule has 1 aliphatic carbocycles. The molecule has 130 valence electrons. The predicted octanol–water partition coefficient (Wildman–Crippen LogP) is 4.55. The summed E-state index contributed by atoms with van der Waals surface area (Å²) >= 11 is 0. The van der Waals surface area contributed by atoms with Gasteiger partial charge < -0.3 is 10.0 Å². The molecule has 1 amide bonds. The zero-order chi connectivity index (χ0) is 17.5. The van der Waals surface area contributed by atoms with Gasteiger partial charge in [0.2, 0.25) is 0 Å². The first kappa shape index (κ1) is 18.2. The molecule has 24 heavy (non-hydrogen) atoms. The van der Waals surface area contributed by atoms with Crippen LogP contribution >= 0.6 is 0 Å². The Kier molecular flexibility index (Phi) is 6.59. The molecule has 0 atom stereocenters. The fraction of sp³-hybridized carbons (Fsp3) is 0.500. The van der Waals surface area contributed by atoms with Crippen LogP contribution in [0.5, 0.6) is 0 Å². The van der Waals surface area contributed by atoms with Gasteiger partial charge in [-0.15, -0.1) is 0 Å². The smallest absolute Gasteiger partial charge is 0.332 e. The average Bonchev–Trinajstić information content (AvgIpc) is 3.06. The third kappa shape index (κ3) is 4.05. The van der Waals surface area contributed by atoms with Crippen molar-refractivity contribution in [2.75, 3.05) is 4.90 Å². The highest BCUT2D eigenvalue weighted by Crippen LogP contribution is 2.31. The molecule has 0 saturated carbocycles. The Morgan fingerprint density at radius 1 is 1.04 bits per heavy atom. The van der Waals surface area contributed by atoms with Crippen LogP contribution in [0, 0.1) is 0 Å². The van der Waals surface area contributed by atoms with Crippen molar-refractivity contribution in [3.63, 3.8) is 0 Å². The van der Waals surface area contributed by atoms with Gasteiger partial charge in [0.25, 0.3) is 5.91 Å². The van der Waals surface area contributed by atoms with E-state index in [4.69, 9.17) is 0 Å². The molecule has 0 fully saturated rings. The number of benzene rings is 1. The van der Waals surface area contributed by atoms with Crippen LogP contribution in [0.2, 0.25) is 0 Å². The van der Waals surface area contributed by atoms with Gasteiger partial charge in [0.15, 0.2) is 0 Å². The van der Waals surface area contributed by atoms with E-state index in [-0.39, 0.29) is 11.9 Å². The van der Waals surface area contributed by atoms with E-state index in [2.05, 4.69) is 13.8 Å². The van der Waals surface area contributed by atoms with Crippen molar-refractivity contribution in [1.29, 1.82) is 0 Å².